The second kappa shape index (κ2) is 5.48. The van der Waals surface area contributed by atoms with E-state index in [2.05, 4.69) is 5.32 Å². The van der Waals surface area contributed by atoms with E-state index in [9.17, 15) is 8.42 Å². The third-order valence-electron chi connectivity index (χ3n) is 2.92. The Hall–Kier alpha value is -1.42. The molecule has 0 saturated carbocycles. The molecule has 96 valence electrons. The lowest BCUT2D eigenvalue weighted by molar-refractivity contribution is 0.432. The Labute approximate surface area is 107 Å². The van der Waals surface area contributed by atoms with Crippen LogP contribution < -0.4 is 5.32 Å². The molecule has 1 heterocycles. The van der Waals surface area contributed by atoms with Gasteiger partial charge in [0, 0.05) is 19.6 Å². The molecule has 0 amide bonds. The Balaban J connectivity index is 2.38. The minimum absolute atomic E-state index is 0.106. The van der Waals surface area contributed by atoms with Gasteiger partial charge in [-0.2, -0.15) is 9.57 Å². The minimum atomic E-state index is -3.56. The monoisotopic (exact) mass is 265 g/mol. The van der Waals surface area contributed by atoms with Crippen LogP contribution in [0.15, 0.2) is 29.2 Å². The standard InChI is InChI=1S/C12H15N3O2S/c13-10-11-4-1-2-5-12(11)18(16,17)15-8-3-6-14-7-9-15/h1-2,4-5,14H,3,6-9H2. The predicted molar refractivity (Wildman–Crippen MR) is 67.4 cm³/mol. The van der Waals surface area contributed by atoms with Crippen molar-refractivity contribution in [1.82, 2.24) is 9.62 Å². The lowest BCUT2D eigenvalue weighted by Crippen LogP contribution is -2.34. The lowest BCUT2D eigenvalue weighted by Gasteiger charge is -2.20. The first-order chi connectivity index (χ1) is 8.66. The Morgan fingerprint density at radius 3 is 2.78 bits per heavy atom. The summed E-state index contributed by atoms with van der Waals surface area (Å²) in [6.45, 7) is 2.41. The molecule has 0 radical (unpaired) electrons. The maximum absolute atomic E-state index is 12.5. The summed E-state index contributed by atoms with van der Waals surface area (Å²) in [5.74, 6) is 0. The van der Waals surface area contributed by atoms with E-state index in [1.807, 2.05) is 6.07 Å². The van der Waals surface area contributed by atoms with E-state index < -0.39 is 10.0 Å². The van der Waals surface area contributed by atoms with Gasteiger partial charge in [-0.15, -0.1) is 0 Å². The number of nitriles is 1. The van der Waals surface area contributed by atoms with Crippen molar-refractivity contribution in [2.45, 2.75) is 11.3 Å². The van der Waals surface area contributed by atoms with E-state index in [1.165, 1.54) is 16.4 Å². The quantitative estimate of drug-likeness (QED) is 0.847. The number of nitrogens with one attached hydrogen (secondary N) is 1. The highest BCUT2D eigenvalue weighted by Gasteiger charge is 2.27. The van der Waals surface area contributed by atoms with Crippen LogP contribution in [0.1, 0.15) is 12.0 Å². The van der Waals surface area contributed by atoms with Crippen LogP contribution in [0.25, 0.3) is 0 Å². The first-order valence-corrected chi connectivity index (χ1v) is 7.30. The highest BCUT2D eigenvalue weighted by atomic mass is 32.2. The fraction of sp³-hybridized carbons (Fsp3) is 0.417. The Morgan fingerprint density at radius 2 is 2.00 bits per heavy atom. The zero-order valence-corrected chi connectivity index (χ0v) is 10.8. The van der Waals surface area contributed by atoms with Crippen LogP contribution in [0, 0.1) is 11.3 Å². The molecule has 0 unspecified atom stereocenters. The summed E-state index contributed by atoms with van der Waals surface area (Å²) in [6.07, 6.45) is 0.786. The normalized spacial score (nSPS) is 17.9. The zero-order valence-electron chi connectivity index (χ0n) is 9.96. The van der Waals surface area contributed by atoms with E-state index in [0.29, 0.717) is 19.6 Å². The highest BCUT2D eigenvalue weighted by molar-refractivity contribution is 7.89. The van der Waals surface area contributed by atoms with Crippen molar-refractivity contribution in [3.8, 4) is 6.07 Å². The Morgan fingerprint density at radius 1 is 1.22 bits per heavy atom. The van der Waals surface area contributed by atoms with Crippen LogP contribution in [0.2, 0.25) is 0 Å². The summed E-state index contributed by atoms with van der Waals surface area (Å²) >= 11 is 0. The minimum Gasteiger partial charge on any atom is -0.315 e. The summed E-state index contributed by atoms with van der Waals surface area (Å²) in [7, 11) is -3.56. The number of hydrogen-bond acceptors (Lipinski definition) is 4. The molecule has 0 spiro atoms. The van der Waals surface area contributed by atoms with Gasteiger partial charge in [0.05, 0.1) is 10.5 Å². The molecule has 1 aliphatic heterocycles. The summed E-state index contributed by atoms with van der Waals surface area (Å²) in [6, 6.07) is 8.27. The first-order valence-electron chi connectivity index (χ1n) is 5.86. The number of sulfonamides is 1. The molecule has 1 aliphatic rings. The zero-order chi connectivity index (χ0) is 13.0. The molecule has 0 aliphatic carbocycles. The first kappa shape index (κ1) is 13.0. The number of hydrogen-bond donors (Lipinski definition) is 1. The summed E-state index contributed by atoms with van der Waals surface area (Å²) in [5.41, 5.74) is 0.203. The van der Waals surface area contributed by atoms with Gasteiger partial charge in [-0.1, -0.05) is 12.1 Å². The van der Waals surface area contributed by atoms with Gasteiger partial charge in [0.25, 0.3) is 0 Å². The van der Waals surface area contributed by atoms with Gasteiger partial charge in [-0.3, -0.25) is 0 Å². The van der Waals surface area contributed by atoms with Crippen molar-refractivity contribution >= 4 is 10.0 Å². The maximum Gasteiger partial charge on any atom is 0.244 e. The van der Waals surface area contributed by atoms with Crippen molar-refractivity contribution in [3.63, 3.8) is 0 Å². The Kier molecular flexibility index (Phi) is 3.97. The van der Waals surface area contributed by atoms with Gasteiger partial charge >= 0.3 is 0 Å². The van der Waals surface area contributed by atoms with Crippen molar-refractivity contribution in [2.75, 3.05) is 26.2 Å². The smallest absolute Gasteiger partial charge is 0.244 e. The molecule has 2 rings (SSSR count). The fourth-order valence-electron chi connectivity index (χ4n) is 1.98. The third-order valence-corrected chi connectivity index (χ3v) is 4.88. The van der Waals surface area contributed by atoms with E-state index in [-0.39, 0.29) is 10.5 Å². The molecule has 5 nitrogen and oxygen atoms in total. The summed E-state index contributed by atoms with van der Waals surface area (Å²) in [4.78, 5) is 0.106. The molecule has 1 fully saturated rings. The third kappa shape index (κ3) is 2.53. The Bertz CT molecular complexity index is 555. The van der Waals surface area contributed by atoms with Crippen LogP contribution in [0.5, 0.6) is 0 Å². The molecular weight excluding hydrogens is 250 g/mol. The van der Waals surface area contributed by atoms with Gasteiger partial charge in [0.2, 0.25) is 10.0 Å². The summed E-state index contributed by atoms with van der Waals surface area (Å²) < 4.78 is 26.4. The molecule has 1 aromatic rings. The molecule has 0 aromatic heterocycles. The largest absolute Gasteiger partial charge is 0.315 e. The lowest BCUT2D eigenvalue weighted by atomic mass is 10.2. The van der Waals surface area contributed by atoms with E-state index in [0.717, 1.165) is 13.0 Å². The van der Waals surface area contributed by atoms with E-state index in [1.54, 1.807) is 12.1 Å². The van der Waals surface area contributed by atoms with Crippen molar-refractivity contribution in [3.05, 3.63) is 29.8 Å². The van der Waals surface area contributed by atoms with Crippen LogP contribution in [-0.4, -0.2) is 38.9 Å². The summed E-state index contributed by atoms with van der Waals surface area (Å²) in [5, 5.41) is 12.1. The fourth-order valence-corrected chi connectivity index (χ4v) is 3.61. The van der Waals surface area contributed by atoms with Crippen LogP contribution in [0.4, 0.5) is 0 Å². The average molecular weight is 265 g/mol. The van der Waals surface area contributed by atoms with Crippen LogP contribution in [0.3, 0.4) is 0 Å². The van der Waals surface area contributed by atoms with Gasteiger partial charge < -0.3 is 5.32 Å². The molecule has 0 atom stereocenters. The molecule has 1 saturated heterocycles. The van der Waals surface area contributed by atoms with Gasteiger partial charge in [-0.25, -0.2) is 8.42 Å². The average Bonchev–Trinajstić information content (AvgIpc) is 2.68. The SMILES string of the molecule is N#Cc1ccccc1S(=O)(=O)N1CCCNCC1. The van der Waals surface area contributed by atoms with Crippen molar-refractivity contribution in [1.29, 1.82) is 5.26 Å². The second-order valence-corrected chi connectivity index (χ2v) is 6.02. The van der Waals surface area contributed by atoms with Crippen LogP contribution >= 0.6 is 0 Å². The van der Waals surface area contributed by atoms with Crippen molar-refractivity contribution in [2.24, 2.45) is 0 Å². The van der Waals surface area contributed by atoms with Gasteiger partial charge in [-0.05, 0) is 25.1 Å². The number of benzene rings is 1. The van der Waals surface area contributed by atoms with E-state index >= 15 is 0 Å². The second-order valence-electron chi connectivity index (χ2n) is 4.12. The van der Waals surface area contributed by atoms with E-state index in [4.69, 9.17) is 5.26 Å². The molecule has 0 bridgehead atoms. The molecule has 18 heavy (non-hydrogen) atoms. The van der Waals surface area contributed by atoms with Gasteiger partial charge in [0.15, 0.2) is 0 Å². The maximum atomic E-state index is 12.5. The molecule has 1 aromatic carbocycles. The highest BCUT2D eigenvalue weighted by Crippen LogP contribution is 2.20. The number of nitrogens with zero attached hydrogens (tertiary/aromatic N) is 2. The number of rotatable bonds is 2. The topological polar surface area (TPSA) is 73.2 Å². The van der Waals surface area contributed by atoms with Crippen molar-refractivity contribution < 1.29 is 8.42 Å². The molecule has 6 heteroatoms. The molecular formula is C12H15N3O2S. The predicted octanol–water partition coefficient (Wildman–Crippen LogP) is 0.542. The molecule has 1 N–H and O–H groups in total. The van der Waals surface area contributed by atoms with Crippen LogP contribution in [-0.2, 0) is 10.0 Å². The van der Waals surface area contributed by atoms with Gasteiger partial charge in [0.1, 0.15) is 6.07 Å².